The number of morpholine rings is 1. The van der Waals surface area contributed by atoms with E-state index in [2.05, 4.69) is 22.3 Å². The highest BCUT2D eigenvalue weighted by Gasteiger charge is 2.11. The second-order valence-corrected chi connectivity index (χ2v) is 5.46. The summed E-state index contributed by atoms with van der Waals surface area (Å²) in [5, 5.41) is 3.49. The second-order valence-electron chi connectivity index (χ2n) is 5.46. The van der Waals surface area contributed by atoms with E-state index in [4.69, 9.17) is 14.2 Å². The first-order valence-electron chi connectivity index (χ1n) is 7.81. The third-order valence-corrected chi connectivity index (χ3v) is 3.85. The van der Waals surface area contributed by atoms with E-state index in [1.165, 1.54) is 5.56 Å². The molecule has 1 fully saturated rings. The molecule has 1 aromatic rings. The molecule has 3 rings (SSSR count). The number of benzene rings is 1. The molecule has 0 aliphatic carbocycles. The van der Waals surface area contributed by atoms with Gasteiger partial charge in [0, 0.05) is 39.1 Å². The van der Waals surface area contributed by atoms with Crippen molar-refractivity contribution in [2.45, 2.75) is 13.0 Å². The predicted octanol–water partition coefficient (Wildman–Crippen LogP) is 1.27. The SMILES string of the molecule is c1cc2c(cc1CNCCN1CCOCC1)OCCCO2. The van der Waals surface area contributed by atoms with Crippen molar-refractivity contribution in [1.29, 1.82) is 0 Å². The summed E-state index contributed by atoms with van der Waals surface area (Å²) in [4.78, 5) is 2.43. The zero-order valence-electron chi connectivity index (χ0n) is 12.5. The fraction of sp³-hybridized carbons (Fsp3) is 0.625. The Bertz CT molecular complexity index is 447. The molecule has 0 spiro atoms. The van der Waals surface area contributed by atoms with Gasteiger partial charge in [-0.15, -0.1) is 0 Å². The van der Waals surface area contributed by atoms with Gasteiger partial charge in [-0.25, -0.2) is 0 Å². The van der Waals surface area contributed by atoms with Crippen LogP contribution in [0.15, 0.2) is 18.2 Å². The van der Waals surface area contributed by atoms with Crippen molar-refractivity contribution in [2.24, 2.45) is 0 Å². The predicted molar refractivity (Wildman–Crippen MR) is 81.0 cm³/mol. The van der Waals surface area contributed by atoms with Crippen molar-refractivity contribution in [3.63, 3.8) is 0 Å². The Labute approximate surface area is 126 Å². The van der Waals surface area contributed by atoms with Crippen molar-refractivity contribution in [3.05, 3.63) is 23.8 Å². The Morgan fingerprint density at radius 2 is 1.81 bits per heavy atom. The smallest absolute Gasteiger partial charge is 0.161 e. The molecule has 0 unspecified atom stereocenters. The molecule has 0 atom stereocenters. The Hall–Kier alpha value is -1.30. The maximum absolute atomic E-state index is 5.72. The number of hydrogen-bond acceptors (Lipinski definition) is 5. The number of nitrogens with zero attached hydrogens (tertiary/aromatic N) is 1. The first kappa shape index (κ1) is 14.6. The molecule has 2 aliphatic rings. The highest BCUT2D eigenvalue weighted by Crippen LogP contribution is 2.30. The molecule has 0 aromatic heterocycles. The summed E-state index contributed by atoms with van der Waals surface area (Å²) in [6.07, 6.45) is 0.946. The van der Waals surface area contributed by atoms with E-state index in [1.807, 2.05) is 6.07 Å². The van der Waals surface area contributed by atoms with Crippen LogP contribution in [0.2, 0.25) is 0 Å². The second kappa shape index (κ2) is 7.64. The number of fused-ring (bicyclic) bond motifs is 1. The lowest BCUT2D eigenvalue weighted by Gasteiger charge is -2.26. The molecule has 5 nitrogen and oxygen atoms in total. The molecule has 1 saturated heterocycles. The molecule has 2 aliphatic heterocycles. The van der Waals surface area contributed by atoms with Crippen LogP contribution in [0.3, 0.4) is 0 Å². The van der Waals surface area contributed by atoms with Crippen LogP contribution in [0, 0.1) is 0 Å². The first-order chi connectivity index (χ1) is 10.4. The minimum Gasteiger partial charge on any atom is -0.490 e. The van der Waals surface area contributed by atoms with Crippen LogP contribution >= 0.6 is 0 Å². The van der Waals surface area contributed by atoms with Gasteiger partial charge in [-0.3, -0.25) is 4.90 Å². The van der Waals surface area contributed by atoms with Crippen LogP contribution in [-0.2, 0) is 11.3 Å². The van der Waals surface area contributed by atoms with Gasteiger partial charge in [0.1, 0.15) is 0 Å². The van der Waals surface area contributed by atoms with Crippen LogP contribution in [0.25, 0.3) is 0 Å². The summed E-state index contributed by atoms with van der Waals surface area (Å²) in [6, 6.07) is 6.21. The van der Waals surface area contributed by atoms with Crippen molar-refractivity contribution >= 4 is 0 Å². The maximum atomic E-state index is 5.72. The third kappa shape index (κ3) is 4.33. The van der Waals surface area contributed by atoms with Gasteiger partial charge in [-0.1, -0.05) is 6.07 Å². The summed E-state index contributed by atoms with van der Waals surface area (Å²) in [6.45, 7) is 8.23. The zero-order valence-corrected chi connectivity index (χ0v) is 12.5. The molecule has 2 heterocycles. The molecular formula is C16H24N2O3. The van der Waals surface area contributed by atoms with Gasteiger partial charge in [-0.05, 0) is 17.7 Å². The summed E-state index contributed by atoms with van der Waals surface area (Å²) < 4.78 is 16.7. The topological polar surface area (TPSA) is 43.0 Å². The number of nitrogens with one attached hydrogen (secondary N) is 1. The molecule has 0 radical (unpaired) electrons. The minimum absolute atomic E-state index is 0.737. The normalized spacial score (nSPS) is 19.2. The van der Waals surface area contributed by atoms with Crippen molar-refractivity contribution in [3.8, 4) is 11.5 Å². The fourth-order valence-corrected chi connectivity index (χ4v) is 2.61. The number of ether oxygens (including phenoxy) is 3. The van der Waals surface area contributed by atoms with Crippen molar-refractivity contribution in [1.82, 2.24) is 10.2 Å². The zero-order chi connectivity index (χ0) is 14.3. The van der Waals surface area contributed by atoms with E-state index in [0.717, 1.165) is 77.1 Å². The van der Waals surface area contributed by atoms with E-state index in [9.17, 15) is 0 Å². The highest BCUT2D eigenvalue weighted by atomic mass is 16.5. The van der Waals surface area contributed by atoms with Crippen LogP contribution in [0.1, 0.15) is 12.0 Å². The number of rotatable bonds is 5. The average Bonchev–Trinajstić information content (AvgIpc) is 2.77. The van der Waals surface area contributed by atoms with Crippen molar-refractivity contribution in [2.75, 3.05) is 52.6 Å². The van der Waals surface area contributed by atoms with Crippen molar-refractivity contribution < 1.29 is 14.2 Å². The Kier molecular flexibility index (Phi) is 5.32. The lowest BCUT2D eigenvalue weighted by Crippen LogP contribution is -2.40. The molecule has 1 N–H and O–H groups in total. The summed E-state index contributed by atoms with van der Waals surface area (Å²) in [5.74, 6) is 1.74. The van der Waals surface area contributed by atoms with Gasteiger partial charge in [0.25, 0.3) is 0 Å². The van der Waals surface area contributed by atoms with E-state index >= 15 is 0 Å². The van der Waals surface area contributed by atoms with Gasteiger partial charge < -0.3 is 19.5 Å². The van der Waals surface area contributed by atoms with Crippen LogP contribution in [0.5, 0.6) is 11.5 Å². The lowest BCUT2D eigenvalue weighted by atomic mass is 10.2. The van der Waals surface area contributed by atoms with Gasteiger partial charge in [0.05, 0.1) is 26.4 Å². The molecule has 0 bridgehead atoms. The minimum atomic E-state index is 0.737. The molecule has 1 aromatic carbocycles. The Morgan fingerprint density at radius 3 is 2.67 bits per heavy atom. The highest BCUT2D eigenvalue weighted by molar-refractivity contribution is 5.43. The summed E-state index contributed by atoms with van der Waals surface area (Å²) in [7, 11) is 0. The lowest BCUT2D eigenvalue weighted by molar-refractivity contribution is 0.0384. The Morgan fingerprint density at radius 1 is 1.00 bits per heavy atom. The number of hydrogen-bond donors (Lipinski definition) is 1. The third-order valence-electron chi connectivity index (χ3n) is 3.85. The monoisotopic (exact) mass is 292 g/mol. The van der Waals surface area contributed by atoms with Gasteiger partial charge in [0.15, 0.2) is 11.5 Å². The maximum Gasteiger partial charge on any atom is 0.161 e. The van der Waals surface area contributed by atoms with E-state index in [0.29, 0.717) is 0 Å². The molecule has 5 heteroatoms. The summed E-state index contributed by atoms with van der Waals surface area (Å²) >= 11 is 0. The molecule has 0 amide bonds. The van der Waals surface area contributed by atoms with E-state index in [1.54, 1.807) is 0 Å². The average molecular weight is 292 g/mol. The van der Waals surface area contributed by atoms with Gasteiger partial charge >= 0.3 is 0 Å². The first-order valence-corrected chi connectivity index (χ1v) is 7.81. The standard InChI is InChI=1S/C16H24N2O3/c1-8-20-15-3-2-14(12-16(15)21-9-1)13-17-4-5-18-6-10-19-11-7-18/h2-3,12,17H,1,4-11,13H2. The van der Waals surface area contributed by atoms with E-state index < -0.39 is 0 Å². The molecular weight excluding hydrogens is 268 g/mol. The van der Waals surface area contributed by atoms with Crippen LogP contribution in [0.4, 0.5) is 0 Å². The molecule has 21 heavy (non-hydrogen) atoms. The quantitative estimate of drug-likeness (QED) is 0.828. The Balaban J connectivity index is 1.43. The van der Waals surface area contributed by atoms with Crippen LogP contribution in [-0.4, -0.2) is 57.5 Å². The fourth-order valence-electron chi connectivity index (χ4n) is 2.61. The largest absolute Gasteiger partial charge is 0.490 e. The van der Waals surface area contributed by atoms with Crippen LogP contribution < -0.4 is 14.8 Å². The summed E-state index contributed by atoms with van der Waals surface area (Å²) in [5.41, 5.74) is 1.24. The molecule has 0 saturated carbocycles. The van der Waals surface area contributed by atoms with Gasteiger partial charge in [-0.2, -0.15) is 0 Å². The van der Waals surface area contributed by atoms with E-state index in [-0.39, 0.29) is 0 Å². The molecule has 116 valence electrons. The van der Waals surface area contributed by atoms with Gasteiger partial charge in [0.2, 0.25) is 0 Å².